The zero-order chi connectivity index (χ0) is 21.9. The Morgan fingerprint density at radius 3 is 2.61 bits per heavy atom. The molecule has 10 heteroatoms. The third kappa shape index (κ3) is 3.69. The molecule has 162 valence electrons. The van der Waals surface area contributed by atoms with Crippen LogP contribution in [0.1, 0.15) is 53.0 Å². The van der Waals surface area contributed by atoms with Crippen molar-refractivity contribution in [1.29, 1.82) is 0 Å². The molecule has 2 aliphatic rings. The Morgan fingerprint density at radius 2 is 1.97 bits per heavy atom. The van der Waals surface area contributed by atoms with E-state index in [2.05, 4.69) is 10.4 Å². The molecular formula is C21H20F2N4O3S. The van der Waals surface area contributed by atoms with Crippen molar-refractivity contribution in [2.45, 2.75) is 38.1 Å². The smallest absolute Gasteiger partial charge is 0.256 e. The van der Waals surface area contributed by atoms with Crippen LogP contribution < -0.4 is 5.32 Å². The lowest BCUT2D eigenvalue weighted by Crippen LogP contribution is -2.16. The van der Waals surface area contributed by atoms with Gasteiger partial charge in [-0.3, -0.25) is 4.79 Å². The second-order valence-electron chi connectivity index (χ2n) is 8.23. The first-order valence-electron chi connectivity index (χ1n) is 10.1. The molecular weight excluding hydrogens is 426 g/mol. The van der Waals surface area contributed by atoms with E-state index in [1.807, 2.05) is 0 Å². The fourth-order valence-electron chi connectivity index (χ4n) is 4.10. The number of aryl methyl sites for hydroxylation is 1. The molecule has 2 fully saturated rings. The van der Waals surface area contributed by atoms with Gasteiger partial charge < -0.3 is 5.32 Å². The molecule has 1 saturated carbocycles. The summed E-state index contributed by atoms with van der Waals surface area (Å²) in [6.07, 6.45) is 2.35. The molecule has 1 N–H and O–H groups in total. The summed E-state index contributed by atoms with van der Waals surface area (Å²) in [6.45, 7) is 1.73. The number of carbonyl (C=O) groups excluding carboxylic acids is 1. The summed E-state index contributed by atoms with van der Waals surface area (Å²) in [5.74, 6) is -1.85. The maximum Gasteiger partial charge on any atom is 0.256 e. The van der Waals surface area contributed by atoms with Crippen molar-refractivity contribution >= 4 is 32.5 Å². The summed E-state index contributed by atoms with van der Waals surface area (Å²) in [7, 11) is -3.13. The number of sulfone groups is 1. The molecule has 1 saturated heterocycles. The number of halogens is 2. The van der Waals surface area contributed by atoms with Crippen LogP contribution in [0.4, 0.5) is 14.5 Å². The fourth-order valence-corrected chi connectivity index (χ4v) is 5.80. The predicted octanol–water partition coefficient (Wildman–Crippen LogP) is 3.51. The molecule has 0 spiro atoms. The van der Waals surface area contributed by atoms with Crippen LogP contribution in [0.15, 0.2) is 24.3 Å². The van der Waals surface area contributed by atoms with Crippen LogP contribution in [-0.2, 0) is 9.84 Å². The van der Waals surface area contributed by atoms with Gasteiger partial charge in [-0.25, -0.2) is 26.9 Å². The molecule has 7 nitrogen and oxygen atoms in total. The van der Waals surface area contributed by atoms with Crippen molar-refractivity contribution in [3.8, 4) is 0 Å². The Hall–Kier alpha value is -2.88. The van der Waals surface area contributed by atoms with E-state index >= 15 is 0 Å². The quantitative estimate of drug-likeness (QED) is 0.662. The van der Waals surface area contributed by atoms with Gasteiger partial charge in [-0.15, -0.1) is 0 Å². The van der Waals surface area contributed by atoms with Crippen molar-refractivity contribution in [3.63, 3.8) is 0 Å². The first-order chi connectivity index (χ1) is 14.7. The maximum absolute atomic E-state index is 14.1. The monoisotopic (exact) mass is 446 g/mol. The number of benzene rings is 1. The summed E-state index contributed by atoms with van der Waals surface area (Å²) in [5.41, 5.74) is 1.91. The lowest BCUT2D eigenvalue weighted by Gasteiger charge is -2.12. The minimum atomic E-state index is -3.13. The number of hydrogen-bond acceptors (Lipinski definition) is 5. The van der Waals surface area contributed by atoms with Crippen LogP contribution in [0.3, 0.4) is 0 Å². The molecule has 31 heavy (non-hydrogen) atoms. The minimum Gasteiger partial charge on any atom is -0.319 e. The third-order valence-corrected chi connectivity index (χ3v) is 7.58. The van der Waals surface area contributed by atoms with Gasteiger partial charge in [-0.2, -0.15) is 5.10 Å². The molecule has 0 radical (unpaired) electrons. The van der Waals surface area contributed by atoms with E-state index in [4.69, 9.17) is 4.98 Å². The van der Waals surface area contributed by atoms with E-state index in [1.54, 1.807) is 17.7 Å². The SMILES string of the molecule is Cc1nn([C@H]2CCS(=O)(=O)C2)c2nc(C3CC3)cc(C(=O)Nc3ccc(F)cc3F)c12. The van der Waals surface area contributed by atoms with Crippen molar-refractivity contribution in [2.24, 2.45) is 0 Å². The summed E-state index contributed by atoms with van der Waals surface area (Å²) in [6, 6.07) is 4.30. The standard InChI is InChI=1S/C21H20F2N4O3S/c1-11-19-15(21(28)25-17-5-4-13(22)8-16(17)23)9-18(12-2-3-12)24-20(19)27(26-11)14-6-7-31(29,30)10-14/h4-5,8-9,12,14H,2-3,6-7,10H2,1H3,(H,25,28)/t14-/m0/s1. The Balaban J connectivity index is 1.61. The second-order valence-corrected chi connectivity index (χ2v) is 10.5. The van der Waals surface area contributed by atoms with Gasteiger partial charge in [-0.1, -0.05) is 0 Å². The molecule has 3 aromatic rings. The Labute approximate surface area is 177 Å². The largest absolute Gasteiger partial charge is 0.319 e. The molecule has 2 aromatic heterocycles. The van der Waals surface area contributed by atoms with Crippen LogP contribution in [0.2, 0.25) is 0 Å². The minimum absolute atomic E-state index is 0.0130. The van der Waals surface area contributed by atoms with Gasteiger partial charge >= 0.3 is 0 Å². The number of rotatable bonds is 4. The van der Waals surface area contributed by atoms with E-state index < -0.39 is 27.4 Å². The zero-order valence-electron chi connectivity index (χ0n) is 16.7. The lowest BCUT2D eigenvalue weighted by molar-refractivity contribution is 0.102. The van der Waals surface area contributed by atoms with Gasteiger partial charge in [0, 0.05) is 17.7 Å². The van der Waals surface area contributed by atoms with E-state index in [0.29, 0.717) is 34.8 Å². The molecule has 3 heterocycles. The van der Waals surface area contributed by atoms with E-state index in [1.165, 1.54) is 6.07 Å². The lowest BCUT2D eigenvalue weighted by atomic mass is 10.1. The highest BCUT2D eigenvalue weighted by atomic mass is 32.2. The van der Waals surface area contributed by atoms with E-state index in [0.717, 1.165) is 24.6 Å². The Bertz CT molecular complexity index is 1330. The zero-order valence-corrected chi connectivity index (χ0v) is 17.5. The molecule has 5 rings (SSSR count). The molecule has 1 aliphatic heterocycles. The number of carbonyl (C=O) groups is 1. The number of nitrogens with one attached hydrogen (secondary N) is 1. The Morgan fingerprint density at radius 1 is 1.19 bits per heavy atom. The normalized spacial score (nSPS) is 20.3. The summed E-state index contributed by atoms with van der Waals surface area (Å²) in [5, 5.41) is 7.54. The van der Waals surface area contributed by atoms with Crippen LogP contribution >= 0.6 is 0 Å². The van der Waals surface area contributed by atoms with Crippen LogP contribution in [0.25, 0.3) is 11.0 Å². The van der Waals surface area contributed by atoms with Crippen molar-refractivity contribution in [3.05, 3.63) is 52.9 Å². The van der Waals surface area contributed by atoms with Gasteiger partial charge in [0.2, 0.25) is 0 Å². The van der Waals surface area contributed by atoms with Crippen molar-refractivity contribution in [2.75, 3.05) is 16.8 Å². The van der Waals surface area contributed by atoms with Gasteiger partial charge in [0.05, 0.1) is 39.9 Å². The van der Waals surface area contributed by atoms with E-state index in [9.17, 15) is 22.0 Å². The molecule has 0 bridgehead atoms. The maximum atomic E-state index is 14.1. The Kier molecular flexibility index (Phi) is 4.58. The number of amides is 1. The molecule has 1 aliphatic carbocycles. The number of anilines is 1. The summed E-state index contributed by atoms with van der Waals surface area (Å²) in [4.78, 5) is 17.8. The van der Waals surface area contributed by atoms with Crippen LogP contribution in [-0.4, -0.2) is 40.6 Å². The van der Waals surface area contributed by atoms with Crippen molar-refractivity contribution < 1.29 is 22.0 Å². The number of fused-ring (bicyclic) bond motifs is 1. The van der Waals surface area contributed by atoms with Gasteiger partial charge in [0.1, 0.15) is 11.6 Å². The van der Waals surface area contributed by atoms with E-state index in [-0.39, 0.29) is 29.2 Å². The molecule has 0 unspecified atom stereocenters. The fraction of sp³-hybridized carbons (Fsp3) is 0.381. The number of hydrogen-bond donors (Lipinski definition) is 1. The predicted molar refractivity (Wildman–Crippen MR) is 111 cm³/mol. The number of nitrogens with zero attached hydrogens (tertiary/aromatic N) is 3. The van der Waals surface area contributed by atoms with Crippen molar-refractivity contribution in [1.82, 2.24) is 14.8 Å². The van der Waals surface area contributed by atoms with Gasteiger partial charge in [0.25, 0.3) is 5.91 Å². The highest BCUT2D eigenvalue weighted by Crippen LogP contribution is 2.41. The third-order valence-electron chi connectivity index (χ3n) is 5.83. The molecule has 1 atom stereocenters. The topological polar surface area (TPSA) is 93.9 Å². The second kappa shape index (κ2) is 7.08. The molecule has 1 aromatic carbocycles. The summed E-state index contributed by atoms with van der Waals surface area (Å²) >= 11 is 0. The van der Waals surface area contributed by atoms with Gasteiger partial charge in [0.15, 0.2) is 15.5 Å². The first kappa shape index (κ1) is 20.0. The van der Waals surface area contributed by atoms with Crippen LogP contribution in [0.5, 0.6) is 0 Å². The highest BCUT2D eigenvalue weighted by molar-refractivity contribution is 7.91. The summed E-state index contributed by atoms with van der Waals surface area (Å²) < 4.78 is 52.9. The average Bonchev–Trinajstić information content (AvgIpc) is 3.43. The van der Waals surface area contributed by atoms with Gasteiger partial charge in [-0.05, 0) is 44.4 Å². The highest BCUT2D eigenvalue weighted by Gasteiger charge is 2.34. The first-order valence-corrected chi connectivity index (χ1v) is 11.9. The number of pyridine rings is 1. The number of aromatic nitrogens is 3. The molecule has 1 amide bonds. The van der Waals surface area contributed by atoms with Crippen LogP contribution in [0, 0.1) is 18.6 Å². The average molecular weight is 446 g/mol.